The fourth-order valence-electron chi connectivity index (χ4n) is 4.93. The molecule has 0 spiro atoms. The second-order valence-electron chi connectivity index (χ2n) is 10.1. The Balaban J connectivity index is 1.38. The molecule has 0 aliphatic heterocycles. The molecule has 0 amide bonds. The Bertz CT molecular complexity index is 1160. The first kappa shape index (κ1) is 28.1. The van der Waals surface area contributed by atoms with Gasteiger partial charge in [0.2, 0.25) is 0 Å². The van der Waals surface area contributed by atoms with Crippen LogP contribution in [0.15, 0.2) is 79.4 Å². The van der Waals surface area contributed by atoms with E-state index < -0.39 is 18.0 Å². The monoisotopic (exact) mass is 522 g/mol. The molecule has 5 heteroatoms. The van der Waals surface area contributed by atoms with Crippen LogP contribution in [0.2, 0.25) is 0 Å². The van der Waals surface area contributed by atoms with Crippen molar-refractivity contribution in [2.45, 2.75) is 70.7 Å². The van der Waals surface area contributed by atoms with E-state index in [0.717, 1.165) is 42.6 Å². The lowest BCUT2D eigenvalue weighted by Crippen LogP contribution is -2.29. The summed E-state index contributed by atoms with van der Waals surface area (Å²) in [6, 6.07) is 18.6. The van der Waals surface area contributed by atoms with Gasteiger partial charge in [0.15, 0.2) is 0 Å². The maximum Gasteiger partial charge on any atom is 0.383 e. The minimum absolute atomic E-state index is 0.224. The van der Waals surface area contributed by atoms with Crippen molar-refractivity contribution < 1.29 is 22.6 Å². The van der Waals surface area contributed by atoms with Crippen LogP contribution in [0.5, 0.6) is 0 Å². The quantitative estimate of drug-likeness (QED) is 0.174. The molecular formula is C33H37F3O2. The van der Waals surface area contributed by atoms with Gasteiger partial charge < -0.3 is 9.47 Å². The van der Waals surface area contributed by atoms with Gasteiger partial charge in [-0.25, -0.2) is 4.39 Å². The third kappa shape index (κ3) is 7.36. The van der Waals surface area contributed by atoms with Crippen LogP contribution in [0.1, 0.15) is 63.0 Å². The molecule has 3 aromatic carbocycles. The average Bonchev–Trinajstić information content (AvgIpc) is 2.93. The summed E-state index contributed by atoms with van der Waals surface area (Å²) < 4.78 is 55.6. The molecule has 0 aromatic heterocycles. The van der Waals surface area contributed by atoms with Crippen LogP contribution in [-0.2, 0) is 22.2 Å². The topological polar surface area (TPSA) is 18.5 Å². The van der Waals surface area contributed by atoms with Gasteiger partial charge in [-0.2, -0.15) is 8.78 Å². The number of rotatable bonds is 12. The molecule has 0 atom stereocenters. The average molecular weight is 523 g/mol. The summed E-state index contributed by atoms with van der Waals surface area (Å²) in [6.45, 7) is 7.27. The van der Waals surface area contributed by atoms with E-state index in [2.05, 4.69) is 13.5 Å². The van der Waals surface area contributed by atoms with E-state index in [1.54, 1.807) is 6.07 Å². The second-order valence-corrected chi connectivity index (χ2v) is 10.1. The number of ether oxygens (including phenoxy) is 2. The summed E-state index contributed by atoms with van der Waals surface area (Å²) in [5, 5.41) is 0. The molecule has 0 radical (unpaired) electrons. The van der Waals surface area contributed by atoms with Crippen LogP contribution in [0.4, 0.5) is 13.2 Å². The lowest BCUT2D eigenvalue weighted by atomic mass is 9.87. The number of halogens is 3. The number of allylic oxidation sites excluding steroid dienone is 1. The van der Waals surface area contributed by atoms with Gasteiger partial charge in [0.05, 0.1) is 18.3 Å². The third-order valence-corrected chi connectivity index (χ3v) is 7.32. The summed E-state index contributed by atoms with van der Waals surface area (Å²) in [7, 11) is 0. The van der Waals surface area contributed by atoms with Crippen molar-refractivity contribution in [2.24, 2.45) is 5.92 Å². The number of unbranched alkanes of at least 4 members (excludes halogenated alkanes) is 2. The van der Waals surface area contributed by atoms with Crippen molar-refractivity contribution in [1.29, 1.82) is 0 Å². The van der Waals surface area contributed by atoms with Gasteiger partial charge in [-0.15, -0.1) is 6.58 Å². The summed E-state index contributed by atoms with van der Waals surface area (Å²) in [4.78, 5) is 0. The Morgan fingerprint density at radius 1 is 0.868 bits per heavy atom. The van der Waals surface area contributed by atoms with Crippen LogP contribution in [0.25, 0.3) is 22.3 Å². The zero-order valence-electron chi connectivity index (χ0n) is 22.1. The van der Waals surface area contributed by atoms with E-state index in [1.807, 2.05) is 36.4 Å². The van der Waals surface area contributed by atoms with E-state index >= 15 is 4.39 Å². The first-order valence-electron chi connectivity index (χ1n) is 13.7. The highest BCUT2D eigenvalue weighted by Gasteiger charge is 2.37. The lowest BCUT2D eigenvalue weighted by molar-refractivity contribution is -0.277. The molecule has 1 saturated carbocycles. The number of benzene rings is 3. The molecule has 3 aromatic rings. The van der Waals surface area contributed by atoms with Crippen LogP contribution < -0.4 is 0 Å². The largest absolute Gasteiger partial charge is 0.383 e. The predicted octanol–water partition coefficient (Wildman–Crippen LogP) is 9.68. The Hall–Kier alpha value is -2.89. The van der Waals surface area contributed by atoms with Crippen molar-refractivity contribution in [2.75, 3.05) is 6.61 Å². The fourth-order valence-corrected chi connectivity index (χ4v) is 4.93. The van der Waals surface area contributed by atoms with Crippen LogP contribution in [0, 0.1) is 11.7 Å². The molecular weight excluding hydrogens is 485 g/mol. The molecule has 0 unspecified atom stereocenters. The van der Waals surface area contributed by atoms with Crippen molar-refractivity contribution >= 4 is 0 Å². The van der Waals surface area contributed by atoms with E-state index in [1.165, 1.54) is 43.2 Å². The Labute approximate surface area is 224 Å². The van der Waals surface area contributed by atoms with Gasteiger partial charge in [-0.1, -0.05) is 74.4 Å². The highest BCUT2D eigenvalue weighted by atomic mass is 19.3. The zero-order chi connectivity index (χ0) is 27.0. The number of alkyl halides is 2. The van der Waals surface area contributed by atoms with Crippen molar-refractivity contribution in [3.63, 3.8) is 0 Å². The van der Waals surface area contributed by atoms with Crippen molar-refractivity contribution in [3.8, 4) is 22.3 Å². The summed E-state index contributed by atoms with van der Waals surface area (Å²) >= 11 is 0. The Morgan fingerprint density at radius 2 is 1.53 bits per heavy atom. The minimum atomic E-state index is -3.39. The third-order valence-electron chi connectivity index (χ3n) is 7.32. The van der Waals surface area contributed by atoms with E-state index in [0.29, 0.717) is 36.5 Å². The summed E-state index contributed by atoms with van der Waals surface area (Å²) in [5.41, 5.74) is 3.41. The molecule has 0 saturated heterocycles. The fraction of sp³-hybridized carbons (Fsp3) is 0.394. The first-order chi connectivity index (χ1) is 18.4. The normalized spacial score (nSPS) is 17.9. The Morgan fingerprint density at radius 3 is 2.16 bits per heavy atom. The standard InChI is InChI=1S/C33H37F3O2/c1-3-5-6-21-37-23-25-7-11-26(12-8-25)28-15-20-31(32(34)22-28)27-13-16-29(17-14-27)33(35,36)38-30-18-9-24(4-2)10-19-30/h4,7-8,11-17,20,22,24,30H,2-3,5-6,9-10,18-19,21,23H2,1H3. The Kier molecular flexibility index (Phi) is 9.81. The van der Waals surface area contributed by atoms with Gasteiger partial charge in [-0.3, -0.25) is 0 Å². The molecule has 0 bridgehead atoms. The summed E-state index contributed by atoms with van der Waals surface area (Å²) in [6.07, 6.45) is 4.25. The van der Waals surface area contributed by atoms with E-state index in [-0.39, 0.29) is 5.56 Å². The number of hydrogen-bond acceptors (Lipinski definition) is 2. The van der Waals surface area contributed by atoms with Gasteiger partial charge in [0, 0.05) is 12.2 Å². The molecule has 38 heavy (non-hydrogen) atoms. The minimum Gasteiger partial charge on any atom is -0.377 e. The molecule has 0 heterocycles. The molecule has 202 valence electrons. The summed E-state index contributed by atoms with van der Waals surface area (Å²) in [5.74, 6) is -0.0244. The molecule has 1 fully saturated rings. The molecule has 1 aliphatic rings. The molecule has 1 aliphatic carbocycles. The molecule has 0 N–H and O–H groups in total. The zero-order valence-corrected chi connectivity index (χ0v) is 22.1. The van der Waals surface area contributed by atoms with E-state index in [9.17, 15) is 8.78 Å². The first-order valence-corrected chi connectivity index (χ1v) is 13.7. The maximum atomic E-state index is 15.1. The predicted molar refractivity (Wildman–Crippen MR) is 147 cm³/mol. The van der Waals surface area contributed by atoms with Gasteiger partial charge >= 0.3 is 6.11 Å². The van der Waals surface area contributed by atoms with Gasteiger partial charge in [-0.05, 0) is 78.5 Å². The van der Waals surface area contributed by atoms with Gasteiger partial charge in [0.1, 0.15) is 5.82 Å². The molecule has 4 rings (SSSR count). The van der Waals surface area contributed by atoms with Crippen LogP contribution in [-0.4, -0.2) is 12.7 Å². The van der Waals surface area contributed by atoms with Crippen molar-refractivity contribution in [3.05, 3.63) is 96.3 Å². The lowest BCUT2D eigenvalue weighted by Gasteiger charge is -2.30. The SMILES string of the molecule is C=CC1CCC(OC(F)(F)c2ccc(-c3ccc(-c4ccc(COCCCCC)cc4)cc3F)cc2)CC1. The highest BCUT2D eigenvalue weighted by molar-refractivity contribution is 5.71. The van der Waals surface area contributed by atoms with Crippen molar-refractivity contribution in [1.82, 2.24) is 0 Å². The van der Waals surface area contributed by atoms with Gasteiger partial charge in [0.25, 0.3) is 0 Å². The smallest absolute Gasteiger partial charge is 0.377 e. The van der Waals surface area contributed by atoms with Crippen LogP contribution in [0.3, 0.4) is 0 Å². The maximum absolute atomic E-state index is 15.1. The van der Waals surface area contributed by atoms with Crippen LogP contribution >= 0.6 is 0 Å². The second kappa shape index (κ2) is 13.3. The molecule has 2 nitrogen and oxygen atoms in total. The number of hydrogen-bond donors (Lipinski definition) is 0. The van der Waals surface area contributed by atoms with E-state index in [4.69, 9.17) is 9.47 Å². The highest BCUT2D eigenvalue weighted by Crippen LogP contribution is 2.37.